The number of benzene rings is 2. The van der Waals surface area contributed by atoms with E-state index in [9.17, 15) is 9.59 Å². The van der Waals surface area contributed by atoms with Gasteiger partial charge in [0.15, 0.2) is 6.61 Å². The molecule has 0 radical (unpaired) electrons. The molecule has 7 heteroatoms. The standard InChI is InChI=1S/C23H25N3O3S/c1-15-10-11-20(16(2)12-15)24-21(27)13-29-22(28)14-30-23-17(3)25-26(18(23)4)19-8-6-5-7-9-19/h5-12H,13-14H2,1-4H3,(H,24,27). The zero-order valence-electron chi connectivity index (χ0n) is 17.6. The first-order valence-electron chi connectivity index (χ1n) is 9.62. The molecule has 3 rings (SSSR count). The van der Waals surface area contributed by atoms with E-state index in [1.54, 1.807) is 0 Å². The van der Waals surface area contributed by atoms with Gasteiger partial charge >= 0.3 is 5.97 Å². The first-order valence-corrected chi connectivity index (χ1v) is 10.6. The second-order valence-corrected chi connectivity index (χ2v) is 8.05. The summed E-state index contributed by atoms with van der Waals surface area (Å²) in [6, 6.07) is 15.6. The Hall–Kier alpha value is -3.06. The van der Waals surface area contributed by atoms with Crippen LogP contribution in [-0.4, -0.2) is 34.0 Å². The van der Waals surface area contributed by atoms with E-state index in [1.807, 2.05) is 80.9 Å². The summed E-state index contributed by atoms with van der Waals surface area (Å²) in [5.74, 6) is -0.689. The van der Waals surface area contributed by atoms with Gasteiger partial charge in [0.25, 0.3) is 5.91 Å². The molecule has 0 spiro atoms. The molecule has 0 atom stereocenters. The fourth-order valence-electron chi connectivity index (χ4n) is 3.12. The van der Waals surface area contributed by atoms with Gasteiger partial charge in [-0.3, -0.25) is 9.59 Å². The fraction of sp³-hybridized carbons (Fsp3) is 0.261. The quantitative estimate of drug-likeness (QED) is 0.451. The SMILES string of the molecule is Cc1ccc(NC(=O)COC(=O)CSc2c(C)nn(-c3ccccc3)c2C)c(C)c1. The molecular weight excluding hydrogens is 398 g/mol. The zero-order chi connectivity index (χ0) is 21.7. The molecule has 30 heavy (non-hydrogen) atoms. The monoisotopic (exact) mass is 423 g/mol. The second-order valence-electron chi connectivity index (χ2n) is 7.06. The van der Waals surface area contributed by atoms with Crippen LogP contribution >= 0.6 is 11.8 Å². The number of thioether (sulfide) groups is 1. The van der Waals surface area contributed by atoms with Crippen molar-refractivity contribution in [3.05, 3.63) is 71.0 Å². The van der Waals surface area contributed by atoms with Gasteiger partial charge in [-0.1, -0.05) is 35.9 Å². The molecule has 1 aromatic heterocycles. The zero-order valence-corrected chi connectivity index (χ0v) is 18.4. The maximum Gasteiger partial charge on any atom is 0.316 e. The van der Waals surface area contributed by atoms with Gasteiger partial charge in [0.2, 0.25) is 0 Å². The van der Waals surface area contributed by atoms with E-state index in [0.717, 1.165) is 38.8 Å². The average Bonchev–Trinajstić information content (AvgIpc) is 3.01. The van der Waals surface area contributed by atoms with Gasteiger partial charge in [-0.25, -0.2) is 4.68 Å². The van der Waals surface area contributed by atoms with Gasteiger partial charge in [-0.05, 0) is 51.5 Å². The highest BCUT2D eigenvalue weighted by atomic mass is 32.2. The molecule has 1 amide bonds. The summed E-state index contributed by atoms with van der Waals surface area (Å²) in [5.41, 5.74) is 5.58. The Bertz CT molecular complexity index is 1060. The van der Waals surface area contributed by atoms with E-state index in [4.69, 9.17) is 4.74 Å². The number of aromatic nitrogens is 2. The Morgan fingerprint density at radius 3 is 2.50 bits per heavy atom. The van der Waals surface area contributed by atoms with Crippen LogP contribution in [0.1, 0.15) is 22.5 Å². The van der Waals surface area contributed by atoms with Crippen molar-refractivity contribution < 1.29 is 14.3 Å². The topological polar surface area (TPSA) is 73.2 Å². The lowest BCUT2D eigenvalue weighted by molar-refractivity contribution is -0.144. The molecule has 0 aliphatic carbocycles. The molecular formula is C23H25N3O3S. The van der Waals surface area contributed by atoms with Gasteiger partial charge in [0.1, 0.15) is 0 Å². The van der Waals surface area contributed by atoms with E-state index in [0.29, 0.717) is 0 Å². The molecule has 0 saturated heterocycles. The van der Waals surface area contributed by atoms with Crippen LogP contribution < -0.4 is 5.32 Å². The van der Waals surface area contributed by atoms with E-state index < -0.39 is 5.97 Å². The number of carbonyl (C=O) groups excluding carboxylic acids is 2. The number of amides is 1. The van der Waals surface area contributed by atoms with Crippen LogP contribution in [0.2, 0.25) is 0 Å². The third kappa shape index (κ3) is 5.30. The van der Waals surface area contributed by atoms with Crippen LogP contribution in [-0.2, 0) is 14.3 Å². The van der Waals surface area contributed by atoms with Crippen molar-refractivity contribution in [3.63, 3.8) is 0 Å². The number of hydrogen-bond donors (Lipinski definition) is 1. The van der Waals surface area contributed by atoms with Crippen LogP contribution in [0.4, 0.5) is 5.69 Å². The Morgan fingerprint density at radius 2 is 1.80 bits per heavy atom. The summed E-state index contributed by atoms with van der Waals surface area (Å²) in [4.78, 5) is 25.2. The van der Waals surface area contributed by atoms with E-state index in [1.165, 1.54) is 11.8 Å². The number of para-hydroxylation sites is 1. The molecule has 0 aliphatic heterocycles. The number of carbonyl (C=O) groups is 2. The first kappa shape index (κ1) is 21.6. The summed E-state index contributed by atoms with van der Waals surface area (Å²) in [6.07, 6.45) is 0. The third-order valence-corrected chi connectivity index (χ3v) is 5.84. The lowest BCUT2D eigenvalue weighted by atomic mass is 10.1. The molecule has 1 heterocycles. The average molecular weight is 424 g/mol. The van der Waals surface area contributed by atoms with Crippen molar-refractivity contribution >= 4 is 29.3 Å². The van der Waals surface area contributed by atoms with Crippen molar-refractivity contribution in [1.29, 1.82) is 0 Å². The number of esters is 1. The van der Waals surface area contributed by atoms with E-state index in [-0.39, 0.29) is 18.3 Å². The Labute approximate surface area is 180 Å². The molecule has 0 aliphatic rings. The van der Waals surface area contributed by atoms with Gasteiger partial charge < -0.3 is 10.1 Å². The smallest absolute Gasteiger partial charge is 0.316 e. The first-order chi connectivity index (χ1) is 14.3. The number of rotatable bonds is 7. The Kier molecular flexibility index (Phi) is 6.95. The minimum absolute atomic E-state index is 0.110. The van der Waals surface area contributed by atoms with E-state index in [2.05, 4.69) is 10.4 Å². The van der Waals surface area contributed by atoms with Gasteiger partial charge in [-0.15, -0.1) is 11.8 Å². The lowest BCUT2D eigenvalue weighted by Gasteiger charge is -2.09. The molecule has 1 N–H and O–H groups in total. The molecule has 156 valence electrons. The minimum Gasteiger partial charge on any atom is -0.455 e. The molecule has 0 fully saturated rings. The molecule has 3 aromatic rings. The lowest BCUT2D eigenvalue weighted by Crippen LogP contribution is -2.22. The number of nitrogens with one attached hydrogen (secondary N) is 1. The van der Waals surface area contributed by atoms with Crippen LogP contribution in [0, 0.1) is 27.7 Å². The van der Waals surface area contributed by atoms with Crippen molar-refractivity contribution in [2.24, 2.45) is 0 Å². The minimum atomic E-state index is -0.443. The predicted octanol–water partition coefficient (Wildman–Crippen LogP) is 4.38. The van der Waals surface area contributed by atoms with Gasteiger partial charge in [0, 0.05) is 5.69 Å². The summed E-state index contributed by atoms with van der Waals surface area (Å²) < 4.78 is 6.99. The number of anilines is 1. The van der Waals surface area contributed by atoms with Crippen molar-refractivity contribution in [2.75, 3.05) is 17.7 Å². The normalized spacial score (nSPS) is 10.7. The highest BCUT2D eigenvalue weighted by Crippen LogP contribution is 2.28. The Balaban J connectivity index is 1.52. The molecule has 0 unspecified atom stereocenters. The number of aryl methyl sites for hydroxylation is 3. The van der Waals surface area contributed by atoms with Crippen LogP contribution in [0.25, 0.3) is 5.69 Å². The maximum absolute atomic E-state index is 12.1. The van der Waals surface area contributed by atoms with Crippen molar-refractivity contribution in [1.82, 2.24) is 9.78 Å². The number of ether oxygens (including phenoxy) is 1. The third-order valence-electron chi connectivity index (χ3n) is 4.58. The second kappa shape index (κ2) is 9.63. The van der Waals surface area contributed by atoms with Gasteiger partial charge in [0.05, 0.1) is 27.7 Å². The number of nitrogens with zero attached hydrogens (tertiary/aromatic N) is 2. The van der Waals surface area contributed by atoms with Crippen molar-refractivity contribution in [2.45, 2.75) is 32.6 Å². The van der Waals surface area contributed by atoms with Crippen LogP contribution in [0.5, 0.6) is 0 Å². The van der Waals surface area contributed by atoms with Crippen LogP contribution in [0.15, 0.2) is 53.4 Å². The van der Waals surface area contributed by atoms with Crippen molar-refractivity contribution in [3.8, 4) is 5.69 Å². The predicted molar refractivity (Wildman–Crippen MR) is 119 cm³/mol. The molecule has 0 bridgehead atoms. The van der Waals surface area contributed by atoms with E-state index >= 15 is 0 Å². The summed E-state index contributed by atoms with van der Waals surface area (Å²) in [7, 11) is 0. The molecule has 2 aromatic carbocycles. The summed E-state index contributed by atoms with van der Waals surface area (Å²) >= 11 is 1.37. The summed E-state index contributed by atoms with van der Waals surface area (Å²) in [5, 5.41) is 7.34. The highest BCUT2D eigenvalue weighted by Gasteiger charge is 2.16. The Morgan fingerprint density at radius 1 is 1.07 bits per heavy atom. The summed E-state index contributed by atoms with van der Waals surface area (Å²) in [6.45, 7) is 7.49. The number of hydrogen-bond acceptors (Lipinski definition) is 5. The largest absolute Gasteiger partial charge is 0.455 e. The molecule has 0 saturated carbocycles. The highest BCUT2D eigenvalue weighted by molar-refractivity contribution is 8.00. The van der Waals surface area contributed by atoms with Gasteiger partial charge in [-0.2, -0.15) is 5.10 Å². The maximum atomic E-state index is 12.1. The fourth-order valence-corrected chi connectivity index (χ4v) is 4.01. The molecule has 6 nitrogen and oxygen atoms in total. The van der Waals surface area contributed by atoms with Crippen LogP contribution in [0.3, 0.4) is 0 Å².